The Labute approximate surface area is 68.2 Å². The third-order valence-electron chi connectivity index (χ3n) is 3.66. The van der Waals surface area contributed by atoms with Crippen molar-refractivity contribution < 1.29 is 4.79 Å². The zero-order valence-electron chi connectivity index (χ0n) is 7.18. The van der Waals surface area contributed by atoms with E-state index in [4.69, 9.17) is 0 Å². The van der Waals surface area contributed by atoms with Gasteiger partial charge in [0.05, 0.1) is 0 Å². The Hall–Kier alpha value is -0.330. The van der Waals surface area contributed by atoms with Crippen LogP contribution in [0.5, 0.6) is 0 Å². The molecule has 0 radical (unpaired) electrons. The Balaban J connectivity index is 2.21. The van der Waals surface area contributed by atoms with E-state index in [1.165, 1.54) is 38.4 Å². The molecule has 1 heteroatoms. The highest BCUT2D eigenvalue weighted by Gasteiger charge is 2.48. The van der Waals surface area contributed by atoms with Gasteiger partial charge in [0.25, 0.3) is 0 Å². The van der Waals surface area contributed by atoms with Gasteiger partial charge in [-0.3, -0.25) is 0 Å². The molecule has 2 rings (SSSR count). The quantitative estimate of drug-likeness (QED) is 0.527. The van der Waals surface area contributed by atoms with E-state index in [-0.39, 0.29) is 5.41 Å². The Morgan fingerprint density at radius 2 is 2.36 bits per heavy atom. The SMILES string of the molecule is CC1CC2CCCC2(C=O)C1. The van der Waals surface area contributed by atoms with Crippen LogP contribution >= 0.6 is 0 Å². The molecule has 0 heterocycles. The van der Waals surface area contributed by atoms with Gasteiger partial charge in [-0.1, -0.05) is 13.3 Å². The molecule has 0 spiro atoms. The van der Waals surface area contributed by atoms with E-state index in [1.54, 1.807) is 0 Å². The summed E-state index contributed by atoms with van der Waals surface area (Å²) in [5.41, 5.74) is 0.138. The lowest BCUT2D eigenvalue weighted by molar-refractivity contribution is -0.117. The van der Waals surface area contributed by atoms with Gasteiger partial charge in [-0.25, -0.2) is 0 Å². The molecule has 0 aromatic rings. The van der Waals surface area contributed by atoms with Gasteiger partial charge in [0, 0.05) is 5.41 Å². The van der Waals surface area contributed by atoms with Gasteiger partial charge in [0.1, 0.15) is 6.29 Å². The van der Waals surface area contributed by atoms with Crippen molar-refractivity contribution >= 4 is 6.29 Å². The number of hydrogen-bond donors (Lipinski definition) is 0. The lowest BCUT2D eigenvalue weighted by Gasteiger charge is -2.20. The van der Waals surface area contributed by atoms with E-state index in [0.717, 1.165) is 11.8 Å². The average Bonchev–Trinajstić information content (AvgIpc) is 2.43. The summed E-state index contributed by atoms with van der Waals surface area (Å²) in [5, 5.41) is 0. The van der Waals surface area contributed by atoms with Crippen LogP contribution in [0.2, 0.25) is 0 Å². The van der Waals surface area contributed by atoms with Crippen LogP contribution in [0.25, 0.3) is 0 Å². The first kappa shape index (κ1) is 7.33. The first-order valence-corrected chi connectivity index (χ1v) is 4.73. The van der Waals surface area contributed by atoms with Crippen LogP contribution < -0.4 is 0 Å². The maximum absolute atomic E-state index is 11.0. The summed E-state index contributed by atoms with van der Waals surface area (Å²) >= 11 is 0. The minimum absolute atomic E-state index is 0.138. The van der Waals surface area contributed by atoms with Crippen molar-refractivity contribution in [3.8, 4) is 0 Å². The number of fused-ring (bicyclic) bond motifs is 1. The lowest BCUT2D eigenvalue weighted by atomic mass is 9.82. The second kappa shape index (κ2) is 2.33. The molecule has 3 unspecified atom stereocenters. The minimum atomic E-state index is 0.138. The van der Waals surface area contributed by atoms with E-state index in [1.807, 2.05) is 0 Å². The van der Waals surface area contributed by atoms with Crippen molar-refractivity contribution in [1.82, 2.24) is 0 Å². The van der Waals surface area contributed by atoms with E-state index >= 15 is 0 Å². The van der Waals surface area contributed by atoms with Crippen molar-refractivity contribution in [1.29, 1.82) is 0 Å². The molecule has 0 bridgehead atoms. The molecule has 1 nitrogen and oxygen atoms in total. The predicted octanol–water partition coefficient (Wildman–Crippen LogP) is 2.40. The van der Waals surface area contributed by atoms with Crippen LogP contribution in [0, 0.1) is 17.3 Å². The fraction of sp³-hybridized carbons (Fsp3) is 0.900. The first-order chi connectivity index (χ1) is 5.27. The first-order valence-electron chi connectivity index (χ1n) is 4.73. The third-order valence-corrected chi connectivity index (χ3v) is 3.66. The Bertz CT molecular complexity index is 176. The van der Waals surface area contributed by atoms with Crippen LogP contribution in [0.4, 0.5) is 0 Å². The lowest BCUT2D eigenvalue weighted by Crippen LogP contribution is -2.21. The monoisotopic (exact) mass is 152 g/mol. The molecule has 2 saturated carbocycles. The van der Waals surface area contributed by atoms with Gasteiger partial charge in [-0.15, -0.1) is 0 Å². The highest BCUT2D eigenvalue weighted by molar-refractivity contribution is 5.61. The molecule has 0 aromatic heterocycles. The Morgan fingerprint density at radius 1 is 1.55 bits per heavy atom. The fourth-order valence-corrected chi connectivity index (χ4v) is 3.21. The Morgan fingerprint density at radius 3 is 3.00 bits per heavy atom. The van der Waals surface area contributed by atoms with Crippen molar-refractivity contribution in [2.45, 2.75) is 39.0 Å². The summed E-state index contributed by atoms with van der Waals surface area (Å²) in [4.78, 5) is 11.0. The maximum Gasteiger partial charge on any atom is 0.126 e. The van der Waals surface area contributed by atoms with E-state index in [0.29, 0.717) is 0 Å². The van der Waals surface area contributed by atoms with E-state index in [2.05, 4.69) is 6.92 Å². The van der Waals surface area contributed by atoms with Crippen molar-refractivity contribution in [2.75, 3.05) is 0 Å². The molecule has 2 aliphatic rings. The van der Waals surface area contributed by atoms with Gasteiger partial charge in [0.2, 0.25) is 0 Å². The van der Waals surface area contributed by atoms with Crippen molar-refractivity contribution in [2.24, 2.45) is 17.3 Å². The summed E-state index contributed by atoms with van der Waals surface area (Å²) < 4.78 is 0. The predicted molar refractivity (Wildman–Crippen MR) is 44.2 cm³/mol. The third kappa shape index (κ3) is 0.935. The second-order valence-electron chi connectivity index (χ2n) is 4.49. The van der Waals surface area contributed by atoms with Crippen LogP contribution in [0.1, 0.15) is 39.0 Å². The topological polar surface area (TPSA) is 17.1 Å². The number of aldehydes is 1. The van der Waals surface area contributed by atoms with Gasteiger partial charge in [-0.05, 0) is 37.5 Å². The fourth-order valence-electron chi connectivity index (χ4n) is 3.21. The zero-order valence-corrected chi connectivity index (χ0v) is 7.18. The molecule has 0 aromatic carbocycles. The molecule has 2 fully saturated rings. The standard InChI is InChI=1S/C10H16O/c1-8-5-9-3-2-4-10(9,6-8)7-11/h7-9H,2-6H2,1H3. The maximum atomic E-state index is 11.0. The summed E-state index contributed by atoms with van der Waals surface area (Å²) in [6, 6.07) is 0. The highest BCUT2D eigenvalue weighted by atomic mass is 16.1. The molecule has 0 saturated heterocycles. The highest BCUT2D eigenvalue weighted by Crippen LogP contribution is 2.54. The normalized spacial score (nSPS) is 49.2. The van der Waals surface area contributed by atoms with Crippen LogP contribution in [0.3, 0.4) is 0 Å². The summed E-state index contributed by atoms with van der Waals surface area (Å²) in [5.74, 6) is 1.54. The van der Waals surface area contributed by atoms with Gasteiger partial charge >= 0.3 is 0 Å². The molecule has 0 amide bonds. The van der Waals surface area contributed by atoms with Crippen molar-refractivity contribution in [3.63, 3.8) is 0 Å². The second-order valence-corrected chi connectivity index (χ2v) is 4.49. The van der Waals surface area contributed by atoms with Crippen molar-refractivity contribution in [3.05, 3.63) is 0 Å². The number of carbonyl (C=O) groups is 1. The number of rotatable bonds is 1. The number of carbonyl (C=O) groups excluding carboxylic acids is 1. The van der Waals surface area contributed by atoms with Gasteiger partial charge in [0.15, 0.2) is 0 Å². The Kier molecular flexibility index (Phi) is 1.55. The molecule has 0 aliphatic heterocycles. The molecule has 3 atom stereocenters. The van der Waals surface area contributed by atoms with Gasteiger partial charge in [-0.2, -0.15) is 0 Å². The van der Waals surface area contributed by atoms with Crippen LogP contribution in [0.15, 0.2) is 0 Å². The average molecular weight is 152 g/mol. The number of hydrogen-bond acceptors (Lipinski definition) is 1. The van der Waals surface area contributed by atoms with Gasteiger partial charge < -0.3 is 4.79 Å². The molecule has 62 valence electrons. The summed E-state index contributed by atoms with van der Waals surface area (Å²) in [6.07, 6.45) is 7.50. The van der Waals surface area contributed by atoms with E-state index in [9.17, 15) is 4.79 Å². The largest absolute Gasteiger partial charge is 0.303 e. The molecule has 0 N–H and O–H groups in total. The molecule has 11 heavy (non-hydrogen) atoms. The van der Waals surface area contributed by atoms with E-state index < -0.39 is 0 Å². The summed E-state index contributed by atoms with van der Waals surface area (Å²) in [7, 11) is 0. The van der Waals surface area contributed by atoms with Crippen LogP contribution in [-0.4, -0.2) is 6.29 Å². The molecular weight excluding hydrogens is 136 g/mol. The smallest absolute Gasteiger partial charge is 0.126 e. The molecular formula is C10H16O. The summed E-state index contributed by atoms with van der Waals surface area (Å²) in [6.45, 7) is 2.28. The molecule has 2 aliphatic carbocycles. The van der Waals surface area contributed by atoms with Crippen LogP contribution in [-0.2, 0) is 4.79 Å². The minimum Gasteiger partial charge on any atom is -0.303 e. The zero-order chi connectivity index (χ0) is 7.90.